The molecule has 0 heterocycles. The van der Waals surface area contributed by atoms with Gasteiger partial charge in [0.05, 0.1) is 0 Å². The van der Waals surface area contributed by atoms with Crippen molar-refractivity contribution >= 4 is 10.2 Å². The van der Waals surface area contributed by atoms with Gasteiger partial charge in [0.2, 0.25) is 0 Å². The lowest BCUT2D eigenvalue weighted by Gasteiger charge is -2.16. The monoisotopic (exact) mass is 175 g/mol. The van der Waals surface area contributed by atoms with Gasteiger partial charge in [-0.1, -0.05) is 40.0 Å². The van der Waals surface area contributed by atoms with Crippen LogP contribution in [0, 0.1) is 0 Å². The van der Waals surface area contributed by atoms with E-state index >= 15 is 0 Å². The predicted molar refractivity (Wildman–Crippen MR) is 58.5 cm³/mol. The lowest BCUT2D eigenvalue weighted by atomic mass is 10.1. The fraction of sp³-hybridized carbons (Fsp3) is 1.00. The van der Waals surface area contributed by atoms with E-state index in [1.807, 2.05) is 14.1 Å². The summed E-state index contributed by atoms with van der Waals surface area (Å²) in [4.78, 5) is 0. The second-order valence-electron chi connectivity index (χ2n) is 4.16. The number of hydrogen-bond donors (Lipinski definition) is 1. The van der Waals surface area contributed by atoms with Gasteiger partial charge >= 0.3 is 0 Å². The fourth-order valence-corrected chi connectivity index (χ4v) is 1.06. The van der Waals surface area contributed by atoms with Gasteiger partial charge in [-0.2, -0.15) is 0 Å². The van der Waals surface area contributed by atoms with Gasteiger partial charge in [-0.25, -0.2) is 0 Å². The molecule has 11 heavy (non-hydrogen) atoms. The molecule has 0 aliphatic heterocycles. The van der Waals surface area contributed by atoms with E-state index in [0.29, 0.717) is 5.04 Å². The van der Waals surface area contributed by atoms with Crippen LogP contribution in [0.3, 0.4) is 0 Å². The van der Waals surface area contributed by atoms with Crippen molar-refractivity contribution in [2.24, 2.45) is 0 Å². The van der Waals surface area contributed by atoms with Crippen LogP contribution in [0.15, 0.2) is 0 Å². The zero-order valence-corrected chi connectivity index (χ0v) is 11.1. The van der Waals surface area contributed by atoms with Crippen LogP contribution in [0.2, 0.25) is 5.04 Å². The molecule has 0 spiro atoms. The van der Waals surface area contributed by atoms with Gasteiger partial charge in [0.1, 0.15) is 0 Å². The van der Waals surface area contributed by atoms with Crippen molar-refractivity contribution in [2.75, 3.05) is 14.1 Å². The largest absolute Gasteiger partial charge is 0.323 e. The normalized spacial score (nSPS) is 10.6. The van der Waals surface area contributed by atoms with Crippen molar-refractivity contribution < 1.29 is 0 Å². The number of rotatable bonds is 3. The molecule has 1 N–H and O–H groups in total. The van der Waals surface area contributed by atoms with Crippen LogP contribution in [0.5, 0.6) is 0 Å². The molecule has 0 aliphatic carbocycles. The van der Waals surface area contributed by atoms with E-state index < -0.39 is 0 Å². The SMILES string of the molecule is CCCCC(C)(C)[SiH3].CNC. The summed E-state index contributed by atoms with van der Waals surface area (Å²) in [6.45, 7) is 6.97. The van der Waals surface area contributed by atoms with Crippen molar-refractivity contribution in [2.45, 2.75) is 45.1 Å². The molecule has 70 valence electrons. The Labute approximate surface area is 75.4 Å². The Morgan fingerprint density at radius 2 is 1.64 bits per heavy atom. The maximum Gasteiger partial charge on any atom is 0.00994 e. The van der Waals surface area contributed by atoms with E-state index in [-0.39, 0.29) is 0 Å². The Hall–Kier alpha value is 0.177. The number of hydrogen-bond acceptors (Lipinski definition) is 1. The van der Waals surface area contributed by atoms with Crippen LogP contribution >= 0.6 is 0 Å². The molecule has 1 nitrogen and oxygen atoms in total. The lowest BCUT2D eigenvalue weighted by molar-refractivity contribution is 0.571. The molecular weight excluding hydrogens is 150 g/mol. The molecule has 0 radical (unpaired) electrons. The third-order valence-electron chi connectivity index (χ3n) is 1.28. The molecule has 0 amide bonds. The summed E-state index contributed by atoms with van der Waals surface area (Å²) in [5.41, 5.74) is 0. The first kappa shape index (κ1) is 13.7. The minimum Gasteiger partial charge on any atom is -0.323 e. The molecule has 0 fully saturated rings. The van der Waals surface area contributed by atoms with E-state index in [1.54, 1.807) is 0 Å². The summed E-state index contributed by atoms with van der Waals surface area (Å²) < 4.78 is 0. The van der Waals surface area contributed by atoms with Gasteiger partial charge < -0.3 is 5.32 Å². The smallest absolute Gasteiger partial charge is 0.00994 e. The predicted octanol–water partition coefficient (Wildman–Crippen LogP) is 1.58. The first-order valence-corrected chi connectivity index (χ1v) is 5.56. The Morgan fingerprint density at radius 3 is 1.73 bits per heavy atom. The summed E-state index contributed by atoms with van der Waals surface area (Å²) >= 11 is 0. The van der Waals surface area contributed by atoms with Crippen molar-refractivity contribution in [1.29, 1.82) is 0 Å². The molecule has 0 bridgehead atoms. The van der Waals surface area contributed by atoms with Crippen LogP contribution < -0.4 is 5.32 Å². The van der Waals surface area contributed by atoms with Crippen LogP contribution in [-0.4, -0.2) is 24.3 Å². The molecule has 0 saturated carbocycles. The Bertz CT molecular complexity index is 66.5. The Morgan fingerprint density at radius 1 is 1.27 bits per heavy atom. The van der Waals surface area contributed by atoms with Crippen molar-refractivity contribution in [1.82, 2.24) is 5.32 Å². The fourth-order valence-electron chi connectivity index (χ4n) is 0.707. The van der Waals surface area contributed by atoms with Gasteiger partial charge in [-0.05, 0) is 19.1 Å². The van der Waals surface area contributed by atoms with E-state index in [2.05, 4.69) is 26.1 Å². The highest BCUT2D eigenvalue weighted by Crippen LogP contribution is 2.25. The maximum absolute atomic E-state index is 2.75. The summed E-state index contributed by atoms with van der Waals surface area (Å²) in [7, 11) is 5.09. The second-order valence-corrected chi connectivity index (χ2v) is 6.87. The molecule has 0 rings (SSSR count). The third kappa shape index (κ3) is 25.4. The van der Waals surface area contributed by atoms with Crippen LogP contribution in [0.4, 0.5) is 0 Å². The van der Waals surface area contributed by atoms with Crippen LogP contribution in [0.1, 0.15) is 40.0 Å². The molecule has 0 unspecified atom stereocenters. The summed E-state index contributed by atoms with van der Waals surface area (Å²) in [5.74, 6) is 0. The van der Waals surface area contributed by atoms with Gasteiger partial charge in [0.25, 0.3) is 0 Å². The van der Waals surface area contributed by atoms with E-state index in [0.717, 1.165) is 0 Å². The van der Waals surface area contributed by atoms with Gasteiger partial charge in [0, 0.05) is 10.2 Å². The highest BCUT2D eigenvalue weighted by atomic mass is 28.1. The van der Waals surface area contributed by atoms with Crippen LogP contribution in [0.25, 0.3) is 0 Å². The van der Waals surface area contributed by atoms with E-state index in [4.69, 9.17) is 0 Å². The first-order valence-electron chi connectivity index (χ1n) is 4.56. The molecule has 0 aliphatic rings. The number of unbranched alkanes of at least 4 members (excludes halogenated alkanes) is 1. The third-order valence-corrected chi connectivity index (χ3v) is 1.78. The zero-order valence-electron chi connectivity index (χ0n) is 9.12. The van der Waals surface area contributed by atoms with E-state index in [9.17, 15) is 0 Å². The standard InChI is InChI=1S/C7H18Si.C2H7N/c1-4-5-6-7(2,3)8;1-3-2/h4-6H2,1-3,8H3;3H,1-2H3. The topological polar surface area (TPSA) is 12.0 Å². The minimum absolute atomic E-state index is 0.690. The highest BCUT2D eigenvalue weighted by molar-refractivity contribution is 6.14. The molecule has 0 saturated heterocycles. The van der Waals surface area contributed by atoms with Gasteiger partial charge in [-0.15, -0.1) is 0 Å². The molecular formula is C9H25NSi. The first-order chi connectivity index (χ1) is 4.97. The second kappa shape index (κ2) is 8.28. The Kier molecular flexibility index (Phi) is 10.3. The van der Waals surface area contributed by atoms with Gasteiger partial charge in [0.15, 0.2) is 0 Å². The van der Waals surface area contributed by atoms with Crippen molar-refractivity contribution in [3.05, 3.63) is 0 Å². The molecule has 0 aromatic heterocycles. The van der Waals surface area contributed by atoms with Gasteiger partial charge in [-0.3, -0.25) is 0 Å². The van der Waals surface area contributed by atoms with E-state index in [1.165, 1.54) is 29.5 Å². The summed E-state index contributed by atoms with van der Waals surface area (Å²) in [5, 5.41) is 3.44. The molecule has 0 aromatic rings. The zero-order chi connectivity index (χ0) is 9.33. The lowest BCUT2D eigenvalue weighted by Crippen LogP contribution is -2.00. The maximum atomic E-state index is 2.75. The minimum atomic E-state index is 0.690. The average Bonchev–Trinajstić information content (AvgIpc) is 1.84. The van der Waals surface area contributed by atoms with Crippen molar-refractivity contribution in [3.8, 4) is 0 Å². The highest BCUT2D eigenvalue weighted by Gasteiger charge is 2.07. The average molecular weight is 175 g/mol. The van der Waals surface area contributed by atoms with Crippen LogP contribution in [-0.2, 0) is 0 Å². The molecule has 0 atom stereocenters. The summed E-state index contributed by atoms with van der Waals surface area (Å²) in [6, 6.07) is 0. The number of nitrogens with one attached hydrogen (secondary N) is 1. The molecule has 0 aromatic carbocycles. The summed E-state index contributed by atoms with van der Waals surface area (Å²) in [6.07, 6.45) is 4.19. The van der Waals surface area contributed by atoms with Crippen molar-refractivity contribution in [3.63, 3.8) is 0 Å². The Balaban J connectivity index is 0. The quantitative estimate of drug-likeness (QED) is 0.642. The molecule has 2 heteroatoms.